The number of carbonyl (C=O) groups is 3. The topological polar surface area (TPSA) is 88.9 Å². The Bertz CT molecular complexity index is 1760. The smallest absolute Gasteiger partial charge is 0.326 e. The molecule has 2 amide bonds. The molecule has 218 valence electrons. The van der Waals surface area contributed by atoms with E-state index in [2.05, 4.69) is 47.6 Å². The zero-order valence-corrected chi connectivity index (χ0v) is 26.1. The summed E-state index contributed by atoms with van der Waals surface area (Å²) < 4.78 is 7.06. The minimum absolute atomic E-state index is 0.166. The van der Waals surface area contributed by atoms with Gasteiger partial charge in [0.1, 0.15) is 16.1 Å². The first-order chi connectivity index (χ1) is 20.3. The van der Waals surface area contributed by atoms with Gasteiger partial charge in [0.05, 0.1) is 11.1 Å². The molecule has 11 heteroatoms. The molecule has 2 fully saturated rings. The van der Waals surface area contributed by atoms with Gasteiger partial charge in [0.15, 0.2) is 0 Å². The maximum absolute atomic E-state index is 13.6. The minimum Gasteiger partial charge on any atom is -0.465 e. The van der Waals surface area contributed by atoms with Crippen molar-refractivity contribution in [3.05, 3.63) is 73.1 Å². The Morgan fingerprint density at radius 3 is 2.57 bits per heavy atom. The molecule has 1 aromatic heterocycles. The minimum atomic E-state index is -0.574. The van der Waals surface area contributed by atoms with Gasteiger partial charge in [-0.2, -0.15) is 0 Å². The van der Waals surface area contributed by atoms with Crippen LogP contribution in [0.15, 0.2) is 52.2 Å². The molecule has 0 N–H and O–H groups in total. The van der Waals surface area contributed by atoms with Crippen LogP contribution in [-0.2, 0) is 20.9 Å². The number of thioether (sulfide) groups is 2. The number of aromatic nitrogens is 1. The van der Waals surface area contributed by atoms with E-state index in [-0.39, 0.29) is 35.4 Å². The molecule has 1 aliphatic carbocycles. The van der Waals surface area contributed by atoms with Gasteiger partial charge < -0.3 is 9.64 Å². The molecule has 8 nitrogen and oxygen atoms in total. The number of hydrogen-bond acceptors (Lipinski definition) is 9. The zero-order chi connectivity index (χ0) is 29.5. The van der Waals surface area contributed by atoms with E-state index in [1.807, 2.05) is 12.1 Å². The van der Waals surface area contributed by atoms with E-state index in [4.69, 9.17) is 4.74 Å². The van der Waals surface area contributed by atoms with E-state index in [1.165, 1.54) is 32.8 Å². The van der Waals surface area contributed by atoms with Crippen LogP contribution in [0.1, 0.15) is 50.2 Å². The van der Waals surface area contributed by atoms with E-state index in [1.54, 1.807) is 25.6 Å². The van der Waals surface area contributed by atoms with E-state index in [0.29, 0.717) is 21.2 Å². The highest BCUT2D eigenvalue weighted by Crippen LogP contribution is 2.52. The monoisotopic (exact) mass is 621 g/mol. The number of fused-ring (bicyclic) bond motifs is 3. The van der Waals surface area contributed by atoms with Crippen molar-refractivity contribution in [2.24, 2.45) is 0 Å². The van der Waals surface area contributed by atoms with Crippen molar-refractivity contribution in [2.75, 3.05) is 24.3 Å². The fourth-order valence-electron chi connectivity index (χ4n) is 6.16. The Morgan fingerprint density at radius 2 is 1.88 bits per heavy atom. The van der Waals surface area contributed by atoms with Crippen LogP contribution in [0.2, 0.25) is 0 Å². The van der Waals surface area contributed by atoms with Crippen molar-refractivity contribution >= 4 is 74.3 Å². The normalized spacial score (nSPS) is 21.4. The van der Waals surface area contributed by atoms with Crippen LogP contribution in [0.25, 0.3) is 11.0 Å². The van der Waals surface area contributed by atoms with Crippen molar-refractivity contribution in [1.82, 2.24) is 9.47 Å². The van der Waals surface area contributed by atoms with Crippen LogP contribution in [-0.4, -0.2) is 52.0 Å². The molecule has 2 aliphatic heterocycles. The Labute approximate surface area is 256 Å². The van der Waals surface area contributed by atoms with Gasteiger partial charge in [-0.25, -0.2) is 0 Å². The third-order valence-electron chi connectivity index (χ3n) is 8.03. The van der Waals surface area contributed by atoms with Crippen LogP contribution in [0.4, 0.5) is 16.2 Å². The quantitative estimate of drug-likeness (QED) is 0.279. The summed E-state index contributed by atoms with van der Waals surface area (Å²) in [5.74, 6) is -0.606. The highest BCUT2D eigenvalue weighted by Gasteiger charge is 2.42. The lowest BCUT2D eigenvalue weighted by molar-refractivity contribution is -0.143. The maximum atomic E-state index is 13.6. The first-order valence-electron chi connectivity index (χ1n) is 14.1. The van der Waals surface area contributed by atoms with Crippen LogP contribution in [0.3, 0.4) is 0 Å². The summed E-state index contributed by atoms with van der Waals surface area (Å²) in [6.45, 7) is 3.50. The van der Waals surface area contributed by atoms with Crippen LogP contribution in [0, 0.1) is 0 Å². The fourth-order valence-corrected chi connectivity index (χ4v) is 8.75. The van der Waals surface area contributed by atoms with Gasteiger partial charge in [0.25, 0.3) is 16.7 Å². The number of carbonyl (C=O) groups excluding carboxylic acids is 3. The van der Waals surface area contributed by atoms with Crippen molar-refractivity contribution in [3.8, 4) is 0 Å². The lowest BCUT2D eigenvalue weighted by atomic mass is 9.96. The summed E-state index contributed by atoms with van der Waals surface area (Å²) >= 11 is 3.66. The molecule has 1 saturated carbocycles. The molecule has 0 radical (unpaired) electrons. The number of esters is 1. The maximum Gasteiger partial charge on any atom is 0.326 e. The van der Waals surface area contributed by atoms with Crippen molar-refractivity contribution < 1.29 is 19.1 Å². The molecule has 0 bridgehead atoms. The van der Waals surface area contributed by atoms with Crippen LogP contribution >= 0.6 is 34.9 Å². The molecular formula is C31H31N3O5S3. The van der Waals surface area contributed by atoms with Gasteiger partial charge in [0.2, 0.25) is 0 Å². The number of anilines is 2. The van der Waals surface area contributed by atoms with E-state index in [0.717, 1.165) is 46.4 Å². The lowest BCUT2D eigenvalue weighted by Crippen LogP contribution is -2.36. The molecule has 3 aliphatic rings. The number of imide groups is 1. The number of rotatable bonds is 7. The summed E-state index contributed by atoms with van der Waals surface area (Å²) in [6.07, 6.45) is 7.33. The third kappa shape index (κ3) is 5.01. The summed E-state index contributed by atoms with van der Waals surface area (Å²) in [6, 6.07) is 15.5. The fraction of sp³-hybridized carbons (Fsp3) is 0.355. The average Bonchev–Trinajstić information content (AvgIpc) is 3.72. The number of hydrogen-bond donors (Lipinski definition) is 0. The predicted molar refractivity (Wildman–Crippen MR) is 169 cm³/mol. The van der Waals surface area contributed by atoms with Gasteiger partial charge in [-0.05, 0) is 98.3 Å². The molecule has 2 unspecified atom stereocenters. The van der Waals surface area contributed by atoms with Gasteiger partial charge >= 0.3 is 5.97 Å². The second kappa shape index (κ2) is 11.8. The van der Waals surface area contributed by atoms with E-state index < -0.39 is 11.9 Å². The summed E-state index contributed by atoms with van der Waals surface area (Å²) in [4.78, 5) is 56.5. The van der Waals surface area contributed by atoms with Crippen molar-refractivity contribution in [3.63, 3.8) is 0 Å². The SMILES string of the molecule is CCOC(=O)Cn1c(=O)/c(=C\c2ccc3c(c2)C2CCCC2N3c2ccc(SC)cc2)s/c1=C1/SC(=O)N(CC)C1=O. The first-order valence-corrected chi connectivity index (χ1v) is 16.9. The number of nitrogens with zero attached hydrogens (tertiary/aromatic N) is 3. The average molecular weight is 622 g/mol. The number of thiazole rings is 1. The van der Waals surface area contributed by atoms with Crippen molar-refractivity contribution in [1.29, 1.82) is 0 Å². The Balaban J connectivity index is 1.44. The third-order valence-corrected chi connectivity index (χ3v) is 11.0. The molecule has 1 saturated heterocycles. The largest absolute Gasteiger partial charge is 0.465 e. The van der Waals surface area contributed by atoms with Crippen molar-refractivity contribution in [2.45, 2.75) is 56.5 Å². The summed E-state index contributed by atoms with van der Waals surface area (Å²) in [5.41, 5.74) is 4.17. The number of benzene rings is 2. The number of ether oxygens (including phenoxy) is 1. The predicted octanol–water partition coefficient (Wildman–Crippen LogP) is 4.63. The number of amides is 2. The molecule has 0 spiro atoms. The Kier molecular flexibility index (Phi) is 8.08. The lowest BCUT2D eigenvalue weighted by Gasteiger charge is -2.27. The van der Waals surface area contributed by atoms with Gasteiger partial charge in [0, 0.05) is 34.8 Å². The molecule has 3 heterocycles. The van der Waals surface area contributed by atoms with E-state index in [9.17, 15) is 19.2 Å². The van der Waals surface area contributed by atoms with Crippen LogP contribution in [0.5, 0.6) is 0 Å². The summed E-state index contributed by atoms with van der Waals surface area (Å²) in [7, 11) is 0. The van der Waals surface area contributed by atoms with Crippen LogP contribution < -0.4 is 19.7 Å². The molecule has 2 atom stereocenters. The molecule has 42 heavy (non-hydrogen) atoms. The molecule has 6 rings (SSSR count). The standard InChI is InChI=1S/C31H31N3O5S3/c1-4-32-29(37)27(42-31(32)38)30-33(17-26(35)39-5-2)28(36)25(41-30)16-18-9-14-24-22(15-18)21-7-6-8-23(21)34(24)19-10-12-20(40-3)13-11-19/h9-16,21,23H,4-8,17H2,1-3H3/b25-16+,30-27+. The molecule has 2 aromatic carbocycles. The van der Waals surface area contributed by atoms with Gasteiger partial charge in [-0.15, -0.1) is 23.1 Å². The second-order valence-corrected chi connectivity index (χ2v) is 13.2. The van der Waals surface area contributed by atoms with E-state index >= 15 is 0 Å². The Morgan fingerprint density at radius 1 is 1.10 bits per heavy atom. The second-order valence-electron chi connectivity index (χ2n) is 10.3. The highest BCUT2D eigenvalue weighted by atomic mass is 32.2. The van der Waals surface area contributed by atoms with Gasteiger partial charge in [-0.1, -0.05) is 12.5 Å². The molecule has 3 aromatic rings. The first kappa shape index (κ1) is 28.8. The zero-order valence-electron chi connectivity index (χ0n) is 23.6. The highest BCUT2D eigenvalue weighted by molar-refractivity contribution is 8.23. The van der Waals surface area contributed by atoms with Gasteiger partial charge in [-0.3, -0.25) is 28.6 Å². The Hall–Kier alpha value is -3.28. The summed E-state index contributed by atoms with van der Waals surface area (Å²) in [5, 5.41) is -0.385. The molecular weight excluding hydrogens is 591 g/mol.